The molecule has 1 heterocycles. The number of rotatable bonds is 5. The molecule has 1 aliphatic carbocycles. The first-order valence-corrected chi connectivity index (χ1v) is 7.79. The van der Waals surface area contributed by atoms with Gasteiger partial charge < -0.3 is 4.74 Å². The molecule has 2 atom stereocenters. The monoisotopic (exact) mass is 280 g/mol. The molecule has 1 aliphatic rings. The maximum absolute atomic E-state index is 11.8. The van der Waals surface area contributed by atoms with Gasteiger partial charge in [0.1, 0.15) is 6.10 Å². The van der Waals surface area contributed by atoms with E-state index in [1.54, 1.807) is 6.07 Å². The van der Waals surface area contributed by atoms with E-state index >= 15 is 0 Å². The molecule has 1 saturated carbocycles. The quantitative estimate of drug-likeness (QED) is 0.608. The highest BCUT2D eigenvalue weighted by Crippen LogP contribution is 2.26. The summed E-state index contributed by atoms with van der Waals surface area (Å²) >= 11 is 1.42. The van der Waals surface area contributed by atoms with Crippen LogP contribution in [0, 0.1) is 5.92 Å². The summed E-state index contributed by atoms with van der Waals surface area (Å²) in [7, 11) is 0. The molecule has 2 unspecified atom stereocenters. The van der Waals surface area contributed by atoms with E-state index in [2.05, 4.69) is 6.92 Å². The Morgan fingerprint density at radius 3 is 2.89 bits per heavy atom. The fourth-order valence-corrected chi connectivity index (χ4v) is 3.20. The normalized spacial score (nSPS) is 23.0. The van der Waals surface area contributed by atoms with Crippen molar-refractivity contribution in [1.82, 2.24) is 0 Å². The molecule has 0 N–H and O–H groups in total. The molecule has 0 radical (unpaired) electrons. The van der Waals surface area contributed by atoms with Gasteiger partial charge in [-0.25, -0.2) is 0 Å². The molecule has 2 rings (SSSR count). The van der Waals surface area contributed by atoms with Gasteiger partial charge in [-0.1, -0.05) is 19.4 Å². The maximum atomic E-state index is 11.8. The fraction of sp³-hybridized carbons (Fsp3) is 0.600. The molecule has 1 fully saturated rings. The number of ketones is 1. The molecular weight excluding hydrogens is 260 g/mol. The third-order valence-electron chi connectivity index (χ3n) is 3.54. The van der Waals surface area contributed by atoms with Crippen molar-refractivity contribution in [1.29, 1.82) is 0 Å². The Balaban J connectivity index is 1.71. The minimum absolute atomic E-state index is 0.0314. The van der Waals surface area contributed by atoms with Crippen LogP contribution >= 0.6 is 11.3 Å². The number of carbonyl (C=O) groups is 2. The molecule has 104 valence electrons. The predicted molar refractivity (Wildman–Crippen MR) is 75.4 cm³/mol. The maximum Gasteiger partial charge on any atom is 0.306 e. The van der Waals surface area contributed by atoms with Gasteiger partial charge in [0.15, 0.2) is 5.78 Å². The van der Waals surface area contributed by atoms with Gasteiger partial charge in [0, 0.05) is 6.42 Å². The van der Waals surface area contributed by atoms with Crippen LogP contribution in [-0.4, -0.2) is 17.9 Å². The van der Waals surface area contributed by atoms with Crippen LogP contribution in [0.2, 0.25) is 0 Å². The van der Waals surface area contributed by atoms with Crippen LogP contribution in [0.4, 0.5) is 0 Å². The molecular formula is C15H20O3S. The minimum atomic E-state index is -0.232. The average Bonchev–Trinajstić information content (AvgIpc) is 2.90. The first-order valence-electron chi connectivity index (χ1n) is 6.91. The van der Waals surface area contributed by atoms with Crippen LogP contribution in [0.3, 0.4) is 0 Å². The van der Waals surface area contributed by atoms with Gasteiger partial charge in [0.05, 0.1) is 11.3 Å². The molecule has 1 aromatic heterocycles. The van der Waals surface area contributed by atoms with E-state index in [1.807, 2.05) is 11.4 Å². The first-order chi connectivity index (χ1) is 9.15. The van der Waals surface area contributed by atoms with Gasteiger partial charge in [-0.3, -0.25) is 9.59 Å². The number of carbonyl (C=O) groups excluding carboxylic acids is 2. The summed E-state index contributed by atoms with van der Waals surface area (Å²) in [6.45, 7) is 2.19. The van der Waals surface area contributed by atoms with E-state index in [0.29, 0.717) is 5.92 Å². The van der Waals surface area contributed by atoms with Crippen LogP contribution in [0.25, 0.3) is 0 Å². The van der Waals surface area contributed by atoms with E-state index < -0.39 is 0 Å². The fourth-order valence-electron chi connectivity index (χ4n) is 2.51. The smallest absolute Gasteiger partial charge is 0.306 e. The molecule has 0 aromatic carbocycles. The number of thiophene rings is 1. The Hall–Kier alpha value is -1.16. The summed E-state index contributed by atoms with van der Waals surface area (Å²) in [5.74, 6) is 0.437. The average molecular weight is 280 g/mol. The second kappa shape index (κ2) is 6.85. The largest absolute Gasteiger partial charge is 0.462 e. The van der Waals surface area contributed by atoms with Gasteiger partial charge in [0.2, 0.25) is 0 Å². The summed E-state index contributed by atoms with van der Waals surface area (Å²) in [4.78, 5) is 24.2. The first kappa shape index (κ1) is 14.3. The molecule has 3 nitrogen and oxygen atoms in total. The molecule has 1 aromatic rings. The van der Waals surface area contributed by atoms with Crippen molar-refractivity contribution in [3.63, 3.8) is 0 Å². The second-order valence-corrected chi connectivity index (χ2v) is 6.23. The number of hydrogen-bond donors (Lipinski definition) is 0. The van der Waals surface area contributed by atoms with E-state index in [0.717, 1.165) is 24.1 Å². The van der Waals surface area contributed by atoms with Crippen LogP contribution in [0.1, 0.15) is 55.1 Å². The van der Waals surface area contributed by atoms with Crippen molar-refractivity contribution in [3.05, 3.63) is 22.4 Å². The highest BCUT2D eigenvalue weighted by Gasteiger charge is 2.22. The second-order valence-electron chi connectivity index (χ2n) is 5.28. The van der Waals surface area contributed by atoms with Gasteiger partial charge >= 0.3 is 5.97 Å². The predicted octanol–water partition coefficient (Wildman–Crippen LogP) is 3.83. The molecule has 0 saturated heterocycles. The summed E-state index contributed by atoms with van der Waals surface area (Å²) in [6.07, 6.45) is 4.80. The van der Waals surface area contributed by atoms with Crippen LogP contribution < -0.4 is 0 Å². The third-order valence-corrected chi connectivity index (χ3v) is 4.45. The van der Waals surface area contributed by atoms with Crippen LogP contribution in [0.5, 0.6) is 0 Å². The Bertz CT molecular complexity index is 425. The SMILES string of the molecule is CC1CCCC(OC(=O)CCC(=O)c2cccs2)C1. The lowest BCUT2D eigenvalue weighted by molar-refractivity contribution is -0.151. The summed E-state index contributed by atoms with van der Waals surface area (Å²) in [5.41, 5.74) is 0. The van der Waals surface area contributed by atoms with Crippen molar-refractivity contribution in [2.24, 2.45) is 5.92 Å². The lowest BCUT2D eigenvalue weighted by atomic mass is 9.89. The summed E-state index contributed by atoms with van der Waals surface area (Å²) < 4.78 is 5.44. The molecule has 0 spiro atoms. The van der Waals surface area contributed by atoms with E-state index in [4.69, 9.17) is 4.74 Å². The number of hydrogen-bond acceptors (Lipinski definition) is 4. The van der Waals surface area contributed by atoms with E-state index in [9.17, 15) is 9.59 Å². The lowest BCUT2D eigenvalue weighted by Gasteiger charge is -2.26. The van der Waals surface area contributed by atoms with E-state index in [1.165, 1.54) is 17.8 Å². The van der Waals surface area contributed by atoms with Crippen molar-refractivity contribution < 1.29 is 14.3 Å². The molecule has 0 bridgehead atoms. The van der Waals surface area contributed by atoms with Gasteiger partial charge in [-0.2, -0.15) is 0 Å². The topological polar surface area (TPSA) is 43.4 Å². The Morgan fingerprint density at radius 2 is 2.21 bits per heavy atom. The summed E-state index contributed by atoms with van der Waals surface area (Å²) in [5, 5.41) is 1.87. The zero-order chi connectivity index (χ0) is 13.7. The van der Waals surface area contributed by atoms with Crippen molar-refractivity contribution >= 4 is 23.1 Å². The van der Waals surface area contributed by atoms with Crippen molar-refractivity contribution in [2.45, 2.75) is 51.6 Å². The van der Waals surface area contributed by atoms with Crippen molar-refractivity contribution in [2.75, 3.05) is 0 Å². The van der Waals surface area contributed by atoms with Crippen molar-refractivity contribution in [3.8, 4) is 0 Å². The summed E-state index contributed by atoms with van der Waals surface area (Å²) in [6, 6.07) is 3.64. The molecule has 4 heteroatoms. The van der Waals surface area contributed by atoms with E-state index in [-0.39, 0.29) is 30.7 Å². The van der Waals surface area contributed by atoms with Gasteiger partial charge in [0.25, 0.3) is 0 Å². The molecule has 0 amide bonds. The minimum Gasteiger partial charge on any atom is -0.462 e. The highest BCUT2D eigenvalue weighted by molar-refractivity contribution is 7.12. The zero-order valence-corrected chi connectivity index (χ0v) is 12.1. The van der Waals surface area contributed by atoms with Crippen LogP contribution in [0.15, 0.2) is 17.5 Å². The highest BCUT2D eigenvalue weighted by atomic mass is 32.1. The number of ether oxygens (including phenoxy) is 1. The lowest BCUT2D eigenvalue weighted by Crippen LogP contribution is -2.24. The number of esters is 1. The third kappa shape index (κ3) is 4.46. The molecule has 0 aliphatic heterocycles. The van der Waals surface area contributed by atoms with Gasteiger partial charge in [-0.15, -0.1) is 11.3 Å². The standard InChI is InChI=1S/C15H20O3S/c1-11-4-2-5-12(10-11)18-15(17)8-7-13(16)14-6-3-9-19-14/h3,6,9,11-12H,2,4-5,7-8,10H2,1H3. The zero-order valence-electron chi connectivity index (χ0n) is 11.3. The Labute approximate surface area is 118 Å². The Kier molecular flexibility index (Phi) is 5.14. The Morgan fingerprint density at radius 1 is 1.37 bits per heavy atom. The van der Waals surface area contributed by atoms with Gasteiger partial charge in [-0.05, 0) is 36.6 Å². The molecule has 19 heavy (non-hydrogen) atoms. The number of Topliss-reactive ketones (excluding diaryl/α,β-unsaturated/α-hetero) is 1. The van der Waals surface area contributed by atoms with Crippen LogP contribution in [-0.2, 0) is 9.53 Å².